The van der Waals surface area contributed by atoms with E-state index in [-0.39, 0.29) is 24.7 Å². The highest BCUT2D eigenvalue weighted by Gasteiger charge is 2.22. The van der Waals surface area contributed by atoms with Gasteiger partial charge in [-0.1, -0.05) is 36.4 Å². The van der Waals surface area contributed by atoms with E-state index in [1.165, 1.54) is 6.07 Å². The van der Waals surface area contributed by atoms with Crippen LogP contribution in [-0.2, 0) is 4.79 Å². The van der Waals surface area contributed by atoms with Crippen molar-refractivity contribution >= 4 is 5.91 Å². The Morgan fingerprint density at radius 3 is 2.38 bits per heavy atom. The molecule has 0 heterocycles. The van der Waals surface area contributed by atoms with Crippen LogP contribution in [-0.4, -0.2) is 29.0 Å². The van der Waals surface area contributed by atoms with Gasteiger partial charge in [0.2, 0.25) is 5.91 Å². The Morgan fingerprint density at radius 1 is 1.12 bits per heavy atom. The van der Waals surface area contributed by atoms with E-state index >= 15 is 0 Å². The fourth-order valence-electron chi connectivity index (χ4n) is 2.55. The van der Waals surface area contributed by atoms with Crippen LogP contribution in [0.25, 0.3) is 0 Å². The van der Waals surface area contributed by atoms with Crippen molar-refractivity contribution in [2.24, 2.45) is 5.73 Å². The van der Waals surface area contributed by atoms with E-state index in [4.69, 9.17) is 5.73 Å². The van der Waals surface area contributed by atoms with Gasteiger partial charge in [-0.2, -0.15) is 0 Å². The van der Waals surface area contributed by atoms with Crippen LogP contribution in [0.2, 0.25) is 0 Å². The number of primary amides is 1. The Balaban J connectivity index is 2.18. The fraction of sp³-hybridized carbons (Fsp3) is 0.278. The number of nitrogens with two attached hydrogens (primary N) is 1. The van der Waals surface area contributed by atoms with Gasteiger partial charge in [0.1, 0.15) is 0 Å². The first-order chi connectivity index (χ1) is 11.4. The van der Waals surface area contributed by atoms with E-state index in [0.29, 0.717) is 0 Å². The lowest BCUT2D eigenvalue weighted by molar-refractivity contribution is -0.120. The summed E-state index contributed by atoms with van der Waals surface area (Å²) in [6, 6.07) is 12.5. The van der Waals surface area contributed by atoms with E-state index in [1.54, 1.807) is 4.90 Å². The van der Waals surface area contributed by atoms with Gasteiger partial charge < -0.3 is 10.8 Å². The third-order valence-electron chi connectivity index (χ3n) is 3.92. The van der Waals surface area contributed by atoms with Crippen LogP contribution in [0.3, 0.4) is 0 Å². The average Bonchev–Trinajstić information content (AvgIpc) is 2.56. The van der Waals surface area contributed by atoms with Gasteiger partial charge in [0.25, 0.3) is 0 Å². The lowest BCUT2D eigenvalue weighted by Gasteiger charge is -2.30. The zero-order valence-corrected chi connectivity index (χ0v) is 13.3. The van der Waals surface area contributed by atoms with E-state index in [2.05, 4.69) is 0 Å². The quantitative estimate of drug-likeness (QED) is 0.818. The molecule has 3 N–H and O–H groups in total. The molecule has 0 aliphatic heterocycles. The Kier molecular flexibility index (Phi) is 6.00. The molecule has 0 saturated heterocycles. The summed E-state index contributed by atoms with van der Waals surface area (Å²) in [7, 11) is 0. The second kappa shape index (κ2) is 7.99. The first-order valence-electron chi connectivity index (χ1n) is 7.58. The van der Waals surface area contributed by atoms with Crippen molar-refractivity contribution in [1.82, 2.24) is 4.90 Å². The molecule has 0 aromatic heterocycles. The number of carbonyl (C=O) groups excluding carboxylic acids is 1. The zero-order valence-electron chi connectivity index (χ0n) is 13.3. The molecule has 0 bridgehead atoms. The second-order valence-electron chi connectivity index (χ2n) is 5.67. The second-order valence-corrected chi connectivity index (χ2v) is 5.67. The lowest BCUT2D eigenvalue weighted by atomic mass is 10.0. The number of hydrogen-bond acceptors (Lipinski definition) is 3. The van der Waals surface area contributed by atoms with Crippen molar-refractivity contribution in [3.05, 3.63) is 71.3 Å². The van der Waals surface area contributed by atoms with E-state index in [0.717, 1.165) is 17.7 Å². The molecule has 6 heteroatoms. The van der Waals surface area contributed by atoms with Crippen molar-refractivity contribution in [3.63, 3.8) is 0 Å². The molecule has 2 aromatic rings. The highest BCUT2D eigenvalue weighted by atomic mass is 19.2. The van der Waals surface area contributed by atoms with Crippen LogP contribution < -0.4 is 5.73 Å². The van der Waals surface area contributed by atoms with Crippen LogP contribution in [0.4, 0.5) is 8.78 Å². The molecule has 2 atom stereocenters. The number of hydrogen-bond donors (Lipinski definition) is 2. The van der Waals surface area contributed by atoms with Crippen molar-refractivity contribution < 1.29 is 18.7 Å². The maximum Gasteiger partial charge on any atom is 0.231 e. The predicted molar refractivity (Wildman–Crippen MR) is 86.9 cm³/mol. The molecular weight excluding hydrogens is 314 g/mol. The van der Waals surface area contributed by atoms with E-state index < -0.39 is 23.6 Å². The summed E-state index contributed by atoms with van der Waals surface area (Å²) >= 11 is 0. The number of nitrogens with zero attached hydrogens (tertiary/aromatic N) is 1. The minimum Gasteiger partial charge on any atom is -0.387 e. The van der Waals surface area contributed by atoms with Crippen LogP contribution in [0.1, 0.15) is 30.2 Å². The van der Waals surface area contributed by atoms with Gasteiger partial charge >= 0.3 is 0 Å². The summed E-state index contributed by atoms with van der Waals surface area (Å²) in [5, 5.41) is 10.3. The molecular formula is C18H20F2N2O2. The van der Waals surface area contributed by atoms with Crippen LogP contribution in [0, 0.1) is 11.6 Å². The molecule has 24 heavy (non-hydrogen) atoms. The number of halogens is 2. The Bertz CT molecular complexity index is 695. The van der Waals surface area contributed by atoms with E-state index in [9.17, 15) is 18.7 Å². The van der Waals surface area contributed by atoms with Gasteiger partial charge in [-0.25, -0.2) is 8.78 Å². The molecule has 2 aromatic carbocycles. The molecule has 1 amide bonds. The first-order valence-corrected chi connectivity index (χ1v) is 7.58. The molecule has 4 nitrogen and oxygen atoms in total. The van der Waals surface area contributed by atoms with Crippen molar-refractivity contribution in [2.45, 2.75) is 19.1 Å². The molecule has 0 aliphatic carbocycles. The van der Waals surface area contributed by atoms with Gasteiger partial charge in [0, 0.05) is 12.6 Å². The largest absolute Gasteiger partial charge is 0.387 e. The van der Waals surface area contributed by atoms with Gasteiger partial charge in [0.15, 0.2) is 11.6 Å². The van der Waals surface area contributed by atoms with Gasteiger partial charge in [-0.15, -0.1) is 0 Å². The summed E-state index contributed by atoms with van der Waals surface area (Å²) in [4.78, 5) is 13.0. The minimum atomic E-state index is -1.08. The van der Waals surface area contributed by atoms with E-state index in [1.807, 2.05) is 37.3 Å². The van der Waals surface area contributed by atoms with Gasteiger partial charge in [-0.05, 0) is 30.2 Å². The molecule has 0 aliphatic rings. The third-order valence-corrected chi connectivity index (χ3v) is 3.92. The normalized spacial score (nSPS) is 13.7. The van der Waals surface area contributed by atoms with Crippen LogP contribution in [0.5, 0.6) is 0 Å². The number of benzene rings is 2. The van der Waals surface area contributed by atoms with Crippen LogP contribution >= 0.6 is 0 Å². The molecule has 0 saturated carbocycles. The van der Waals surface area contributed by atoms with Gasteiger partial charge in [-0.3, -0.25) is 9.69 Å². The highest BCUT2D eigenvalue weighted by molar-refractivity contribution is 5.76. The number of carbonyl (C=O) groups is 1. The standard InChI is InChI=1S/C18H20F2N2O2/c1-12(13-5-3-2-4-6-13)22(11-18(21)24)10-17(23)14-7-8-15(19)16(20)9-14/h2-9,12,17,23H,10-11H2,1H3,(H2,21,24)/t12-,17?/m1/s1. The maximum atomic E-state index is 13.3. The molecule has 0 radical (unpaired) electrons. The molecule has 0 fully saturated rings. The fourth-order valence-corrected chi connectivity index (χ4v) is 2.55. The summed E-state index contributed by atoms with van der Waals surface area (Å²) in [5.41, 5.74) is 6.49. The topological polar surface area (TPSA) is 66.6 Å². The summed E-state index contributed by atoms with van der Waals surface area (Å²) in [6.07, 6.45) is -1.08. The van der Waals surface area contributed by atoms with Gasteiger partial charge in [0.05, 0.1) is 12.6 Å². The third kappa shape index (κ3) is 4.59. The number of rotatable bonds is 7. The van der Waals surface area contributed by atoms with Crippen molar-refractivity contribution in [3.8, 4) is 0 Å². The summed E-state index contributed by atoms with van der Waals surface area (Å²) < 4.78 is 26.4. The van der Waals surface area contributed by atoms with Crippen molar-refractivity contribution in [2.75, 3.05) is 13.1 Å². The molecule has 128 valence electrons. The zero-order chi connectivity index (χ0) is 17.7. The number of aliphatic hydroxyl groups is 1. The molecule has 1 unspecified atom stereocenters. The SMILES string of the molecule is C[C@H](c1ccccc1)N(CC(N)=O)CC(O)c1ccc(F)c(F)c1. The Morgan fingerprint density at radius 2 is 1.79 bits per heavy atom. The summed E-state index contributed by atoms with van der Waals surface area (Å²) in [5.74, 6) is -2.53. The Hall–Kier alpha value is -2.31. The minimum absolute atomic E-state index is 0.0587. The molecule has 0 spiro atoms. The van der Waals surface area contributed by atoms with Crippen LogP contribution in [0.15, 0.2) is 48.5 Å². The smallest absolute Gasteiger partial charge is 0.231 e. The number of amides is 1. The maximum absolute atomic E-state index is 13.3. The monoisotopic (exact) mass is 334 g/mol. The Labute approximate surface area is 139 Å². The average molecular weight is 334 g/mol. The first kappa shape index (κ1) is 18.0. The summed E-state index contributed by atoms with van der Waals surface area (Å²) in [6.45, 7) is 1.89. The predicted octanol–water partition coefficient (Wildman–Crippen LogP) is 2.55. The molecule has 2 rings (SSSR count). The van der Waals surface area contributed by atoms with Crippen molar-refractivity contribution in [1.29, 1.82) is 0 Å². The highest BCUT2D eigenvalue weighted by Crippen LogP contribution is 2.24. The number of aliphatic hydroxyl groups excluding tert-OH is 1. The lowest BCUT2D eigenvalue weighted by Crippen LogP contribution is -2.38.